The van der Waals surface area contributed by atoms with Crippen LogP contribution in [-0.4, -0.2) is 56.1 Å². The maximum Gasteiger partial charge on any atom is 0.255 e. The van der Waals surface area contributed by atoms with Gasteiger partial charge in [-0.1, -0.05) is 11.6 Å². The molecule has 1 saturated heterocycles. The number of fused-ring (bicyclic) bond motifs is 1. The first-order chi connectivity index (χ1) is 9.41. The number of anilines is 1. The number of piperazine rings is 1. The van der Waals surface area contributed by atoms with Crippen LogP contribution in [0.15, 0.2) is 12.4 Å². The topological polar surface area (TPSA) is 66.6 Å². The molecule has 106 valence electrons. The van der Waals surface area contributed by atoms with Crippen LogP contribution >= 0.6 is 11.6 Å². The number of nitrogens with zero attached hydrogens (tertiary/aromatic N) is 6. The highest BCUT2D eigenvalue weighted by atomic mass is 35.5. The third-order valence-corrected chi connectivity index (χ3v) is 3.88. The van der Waals surface area contributed by atoms with Gasteiger partial charge in [-0.15, -0.1) is 0 Å². The van der Waals surface area contributed by atoms with Gasteiger partial charge >= 0.3 is 0 Å². The number of amides is 1. The van der Waals surface area contributed by atoms with Gasteiger partial charge in [-0.25, -0.2) is 0 Å². The first-order valence-electron chi connectivity index (χ1n) is 6.31. The lowest BCUT2D eigenvalue weighted by Gasteiger charge is -2.45. The van der Waals surface area contributed by atoms with Crippen LogP contribution in [0.25, 0.3) is 5.78 Å². The van der Waals surface area contributed by atoms with Crippen molar-refractivity contribution < 1.29 is 4.79 Å². The molecule has 0 bridgehead atoms. The first kappa shape index (κ1) is 13.1. The zero-order chi connectivity index (χ0) is 14.5. The lowest BCUT2D eigenvalue weighted by atomic mass is 9.98. The number of rotatable bonds is 1. The van der Waals surface area contributed by atoms with Crippen LogP contribution in [0.4, 0.5) is 5.82 Å². The molecule has 0 radical (unpaired) electrons. The fraction of sp³-hybridized carbons (Fsp3) is 0.500. The smallest absolute Gasteiger partial charge is 0.255 e. The van der Waals surface area contributed by atoms with Crippen LogP contribution in [0.5, 0.6) is 0 Å². The Kier molecular flexibility index (Phi) is 2.82. The highest BCUT2D eigenvalue weighted by molar-refractivity contribution is 6.29. The molecular formula is C12H15ClN6O. The Morgan fingerprint density at radius 1 is 1.35 bits per heavy atom. The molecule has 0 N–H and O–H groups in total. The van der Waals surface area contributed by atoms with Crippen molar-refractivity contribution in [3.05, 3.63) is 17.5 Å². The Balaban J connectivity index is 2.15. The highest BCUT2D eigenvalue weighted by Gasteiger charge is 2.41. The van der Waals surface area contributed by atoms with Crippen molar-refractivity contribution in [1.82, 2.24) is 24.5 Å². The predicted molar refractivity (Wildman–Crippen MR) is 74.9 cm³/mol. The zero-order valence-corrected chi connectivity index (χ0v) is 12.3. The van der Waals surface area contributed by atoms with E-state index in [1.807, 2.05) is 25.8 Å². The molecule has 8 heteroatoms. The second-order valence-corrected chi connectivity index (χ2v) is 5.73. The highest BCUT2D eigenvalue weighted by Crippen LogP contribution is 2.29. The molecule has 0 unspecified atom stereocenters. The van der Waals surface area contributed by atoms with Crippen LogP contribution < -0.4 is 4.90 Å². The third-order valence-electron chi connectivity index (χ3n) is 3.68. The lowest BCUT2D eigenvalue weighted by molar-refractivity contribution is -0.136. The minimum Gasteiger partial charge on any atom is -0.342 e. The van der Waals surface area contributed by atoms with Crippen molar-refractivity contribution in [2.24, 2.45) is 0 Å². The average molecular weight is 295 g/mol. The molecular weight excluding hydrogens is 280 g/mol. The molecule has 0 atom stereocenters. The molecule has 7 nitrogen and oxygen atoms in total. The summed E-state index contributed by atoms with van der Waals surface area (Å²) in [7, 11) is 1.81. The normalized spacial score (nSPS) is 18.9. The SMILES string of the molecule is CN1CCN(c2cc(Cl)nc3ncnn23)C(C)(C)C1=O. The Bertz CT molecular complexity index is 682. The summed E-state index contributed by atoms with van der Waals surface area (Å²) >= 11 is 6.04. The van der Waals surface area contributed by atoms with E-state index < -0.39 is 5.54 Å². The lowest BCUT2D eigenvalue weighted by Crippen LogP contribution is -2.62. The van der Waals surface area contributed by atoms with E-state index in [2.05, 4.69) is 15.1 Å². The predicted octanol–water partition coefficient (Wildman–Crippen LogP) is 0.835. The first-order valence-corrected chi connectivity index (χ1v) is 6.68. The summed E-state index contributed by atoms with van der Waals surface area (Å²) in [6.07, 6.45) is 1.42. The summed E-state index contributed by atoms with van der Waals surface area (Å²) < 4.78 is 1.60. The van der Waals surface area contributed by atoms with Gasteiger partial charge in [0.25, 0.3) is 5.78 Å². The van der Waals surface area contributed by atoms with Crippen molar-refractivity contribution in [3.63, 3.8) is 0 Å². The Morgan fingerprint density at radius 2 is 2.10 bits per heavy atom. The van der Waals surface area contributed by atoms with Crippen molar-refractivity contribution >= 4 is 29.1 Å². The van der Waals surface area contributed by atoms with E-state index >= 15 is 0 Å². The van der Waals surface area contributed by atoms with Crippen molar-refractivity contribution in [2.45, 2.75) is 19.4 Å². The summed E-state index contributed by atoms with van der Waals surface area (Å²) in [5.74, 6) is 1.21. The van der Waals surface area contributed by atoms with E-state index in [1.54, 1.807) is 15.5 Å². The van der Waals surface area contributed by atoms with E-state index in [0.29, 0.717) is 24.0 Å². The zero-order valence-electron chi connectivity index (χ0n) is 11.5. The monoisotopic (exact) mass is 294 g/mol. The van der Waals surface area contributed by atoms with Crippen LogP contribution in [0, 0.1) is 0 Å². The minimum absolute atomic E-state index is 0.0601. The molecule has 2 aromatic heterocycles. The molecule has 1 aliphatic heterocycles. The van der Waals surface area contributed by atoms with Gasteiger partial charge in [0.15, 0.2) is 0 Å². The summed E-state index contributed by atoms with van der Waals surface area (Å²) in [6, 6.07) is 1.71. The Morgan fingerprint density at radius 3 is 2.85 bits per heavy atom. The standard InChI is InChI=1S/C12H15ClN6O/c1-12(2)10(20)17(3)4-5-18(12)9-6-8(13)16-11-14-7-15-19(9)11/h6-7H,4-5H2,1-3H3. The van der Waals surface area contributed by atoms with Gasteiger partial charge in [0.05, 0.1) is 0 Å². The molecule has 0 saturated carbocycles. The number of carbonyl (C=O) groups excluding carboxylic acids is 1. The van der Waals surface area contributed by atoms with Gasteiger partial charge in [0.2, 0.25) is 5.91 Å². The molecule has 3 heterocycles. The minimum atomic E-state index is -0.670. The number of aromatic nitrogens is 4. The number of carbonyl (C=O) groups is 1. The summed E-state index contributed by atoms with van der Waals surface area (Å²) in [5, 5.41) is 4.50. The molecule has 0 spiro atoms. The maximum atomic E-state index is 12.4. The Labute approximate surface area is 121 Å². The van der Waals surface area contributed by atoms with E-state index in [9.17, 15) is 4.79 Å². The van der Waals surface area contributed by atoms with Gasteiger partial charge in [-0.05, 0) is 13.8 Å². The van der Waals surface area contributed by atoms with Crippen LogP contribution in [0.3, 0.4) is 0 Å². The number of likely N-dealkylation sites (N-methyl/N-ethyl adjacent to an activating group) is 1. The third kappa shape index (κ3) is 1.81. The van der Waals surface area contributed by atoms with Gasteiger partial charge in [-0.2, -0.15) is 19.6 Å². The number of hydrogen-bond acceptors (Lipinski definition) is 5. The van der Waals surface area contributed by atoms with E-state index in [4.69, 9.17) is 11.6 Å². The van der Waals surface area contributed by atoms with E-state index in [-0.39, 0.29) is 5.91 Å². The second kappa shape index (κ2) is 4.31. The molecule has 1 amide bonds. The molecule has 2 aromatic rings. The van der Waals surface area contributed by atoms with Gasteiger partial charge < -0.3 is 9.80 Å². The van der Waals surface area contributed by atoms with E-state index in [0.717, 1.165) is 5.82 Å². The summed E-state index contributed by atoms with van der Waals surface area (Å²) in [4.78, 5) is 24.3. The van der Waals surface area contributed by atoms with Crippen LogP contribution in [0.1, 0.15) is 13.8 Å². The number of halogens is 1. The molecule has 1 fully saturated rings. The van der Waals surface area contributed by atoms with Crippen molar-refractivity contribution in [1.29, 1.82) is 0 Å². The molecule has 20 heavy (non-hydrogen) atoms. The molecule has 0 aliphatic carbocycles. The largest absolute Gasteiger partial charge is 0.342 e. The maximum absolute atomic E-state index is 12.4. The average Bonchev–Trinajstić information content (AvgIpc) is 2.83. The Hall–Kier alpha value is -1.89. The molecule has 1 aliphatic rings. The van der Waals surface area contributed by atoms with Crippen molar-refractivity contribution in [2.75, 3.05) is 25.0 Å². The second-order valence-electron chi connectivity index (χ2n) is 5.35. The van der Waals surface area contributed by atoms with Gasteiger partial charge in [0, 0.05) is 26.2 Å². The van der Waals surface area contributed by atoms with Gasteiger partial charge in [-0.3, -0.25) is 4.79 Å². The van der Waals surface area contributed by atoms with Crippen molar-refractivity contribution in [3.8, 4) is 0 Å². The summed E-state index contributed by atoms with van der Waals surface area (Å²) in [5.41, 5.74) is -0.670. The number of hydrogen-bond donors (Lipinski definition) is 0. The van der Waals surface area contributed by atoms with E-state index in [1.165, 1.54) is 6.33 Å². The van der Waals surface area contributed by atoms with Gasteiger partial charge in [0.1, 0.15) is 22.8 Å². The quantitative estimate of drug-likeness (QED) is 0.729. The molecule has 3 rings (SSSR count). The summed E-state index contributed by atoms with van der Waals surface area (Å²) in [6.45, 7) is 5.13. The van der Waals surface area contributed by atoms with Crippen LogP contribution in [0.2, 0.25) is 5.15 Å². The molecule has 0 aromatic carbocycles. The van der Waals surface area contributed by atoms with Crippen LogP contribution in [-0.2, 0) is 4.79 Å². The fourth-order valence-electron chi connectivity index (χ4n) is 2.58. The fourth-order valence-corrected chi connectivity index (χ4v) is 2.75.